The van der Waals surface area contributed by atoms with E-state index in [1.807, 2.05) is 18.2 Å². The van der Waals surface area contributed by atoms with Crippen LogP contribution in [0.4, 0.5) is 0 Å². The molecule has 0 spiro atoms. The number of carbonyl (C=O) groups excluding carboxylic acids is 1. The third kappa shape index (κ3) is 2.66. The smallest absolute Gasteiger partial charge is 0.341 e. The van der Waals surface area contributed by atoms with Crippen molar-refractivity contribution in [3.8, 4) is 5.69 Å². The summed E-state index contributed by atoms with van der Waals surface area (Å²) in [4.78, 5) is 16.3. The van der Waals surface area contributed by atoms with Crippen LogP contribution < -0.4 is 0 Å². The molecule has 0 N–H and O–H groups in total. The standard InChI is InChI=1S/C16H13Cl2N3O2/c1-3-23-16(22)10-8-19-15-13(14(10)18)9(2)20-21(15)12-7-5-4-6-11(12)17/h4-8H,3H2,1-2H3. The SMILES string of the molecule is CCOC(=O)c1cnc2c(c(C)nn2-c2ccccc2Cl)c1Cl. The number of rotatable bonds is 3. The zero-order valence-electron chi connectivity index (χ0n) is 12.5. The van der Waals surface area contributed by atoms with Crippen molar-refractivity contribution < 1.29 is 9.53 Å². The first-order valence-electron chi connectivity index (χ1n) is 7.00. The molecule has 0 atom stereocenters. The van der Waals surface area contributed by atoms with Crippen LogP contribution in [0.1, 0.15) is 23.0 Å². The van der Waals surface area contributed by atoms with Crippen LogP contribution in [0.3, 0.4) is 0 Å². The Kier molecular flexibility index (Phi) is 4.24. The van der Waals surface area contributed by atoms with E-state index in [1.165, 1.54) is 6.20 Å². The normalized spacial score (nSPS) is 11.0. The summed E-state index contributed by atoms with van der Waals surface area (Å²) in [5, 5.41) is 5.90. The van der Waals surface area contributed by atoms with Gasteiger partial charge in [0.15, 0.2) is 5.65 Å². The molecule has 3 rings (SSSR count). The lowest BCUT2D eigenvalue weighted by Gasteiger charge is -2.07. The molecule has 5 nitrogen and oxygen atoms in total. The first kappa shape index (κ1) is 15.8. The summed E-state index contributed by atoms with van der Waals surface area (Å²) in [6, 6.07) is 7.31. The number of esters is 1. The van der Waals surface area contributed by atoms with E-state index in [9.17, 15) is 4.79 Å². The molecule has 0 fully saturated rings. The Hall–Kier alpha value is -2.11. The Balaban J connectivity index is 2.24. The van der Waals surface area contributed by atoms with Crippen molar-refractivity contribution >= 4 is 40.2 Å². The number of aryl methyl sites for hydroxylation is 1. The molecule has 0 amide bonds. The van der Waals surface area contributed by atoms with E-state index < -0.39 is 5.97 Å². The molecule has 7 heteroatoms. The maximum Gasteiger partial charge on any atom is 0.341 e. The zero-order valence-corrected chi connectivity index (χ0v) is 14.0. The van der Waals surface area contributed by atoms with Gasteiger partial charge in [0.1, 0.15) is 0 Å². The van der Waals surface area contributed by atoms with Gasteiger partial charge in [-0.3, -0.25) is 0 Å². The fourth-order valence-corrected chi connectivity index (χ4v) is 2.91. The fourth-order valence-electron chi connectivity index (χ4n) is 2.35. The van der Waals surface area contributed by atoms with E-state index in [2.05, 4.69) is 10.1 Å². The number of hydrogen-bond acceptors (Lipinski definition) is 4. The van der Waals surface area contributed by atoms with Crippen molar-refractivity contribution in [3.63, 3.8) is 0 Å². The third-order valence-corrected chi connectivity index (χ3v) is 4.10. The van der Waals surface area contributed by atoms with Gasteiger partial charge in [-0.1, -0.05) is 35.3 Å². The van der Waals surface area contributed by atoms with Crippen LogP contribution in [-0.4, -0.2) is 27.3 Å². The van der Waals surface area contributed by atoms with Crippen molar-refractivity contribution in [1.29, 1.82) is 0 Å². The van der Waals surface area contributed by atoms with Crippen LogP contribution >= 0.6 is 23.2 Å². The Morgan fingerprint density at radius 1 is 1.30 bits per heavy atom. The van der Waals surface area contributed by atoms with Crippen molar-refractivity contribution in [2.24, 2.45) is 0 Å². The minimum absolute atomic E-state index is 0.225. The molecule has 0 aliphatic heterocycles. The molecule has 0 unspecified atom stereocenters. The van der Waals surface area contributed by atoms with Crippen LogP contribution in [0, 0.1) is 6.92 Å². The lowest BCUT2D eigenvalue weighted by molar-refractivity contribution is 0.0526. The van der Waals surface area contributed by atoms with Gasteiger partial charge >= 0.3 is 5.97 Å². The Bertz CT molecular complexity index is 906. The number of fused-ring (bicyclic) bond motifs is 1. The molecule has 2 heterocycles. The number of para-hydroxylation sites is 1. The highest BCUT2D eigenvalue weighted by molar-refractivity contribution is 6.38. The predicted octanol–water partition coefficient (Wildman–Crippen LogP) is 4.21. The maximum atomic E-state index is 12.0. The molecule has 0 aliphatic rings. The summed E-state index contributed by atoms with van der Waals surface area (Å²) < 4.78 is 6.62. The summed E-state index contributed by atoms with van der Waals surface area (Å²) >= 11 is 12.6. The average molecular weight is 350 g/mol. The van der Waals surface area contributed by atoms with Crippen LogP contribution in [0.25, 0.3) is 16.7 Å². The monoisotopic (exact) mass is 349 g/mol. The zero-order chi connectivity index (χ0) is 16.6. The minimum Gasteiger partial charge on any atom is -0.462 e. The first-order chi connectivity index (χ1) is 11.0. The van der Waals surface area contributed by atoms with Gasteiger partial charge in [-0.25, -0.2) is 14.5 Å². The number of halogens is 2. The number of aromatic nitrogens is 3. The van der Waals surface area contributed by atoms with E-state index in [1.54, 1.807) is 24.6 Å². The van der Waals surface area contributed by atoms with E-state index in [0.717, 1.165) is 0 Å². The van der Waals surface area contributed by atoms with Crippen LogP contribution in [0.15, 0.2) is 30.5 Å². The van der Waals surface area contributed by atoms with E-state index >= 15 is 0 Å². The Labute approximate surface area is 142 Å². The predicted molar refractivity (Wildman–Crippen MR) is 89.6 cm³/mol. The number of ether oxygens (including phenoxy) is 1. The second kappa shape index (κ2) is 6.18. The number of nitrogens with zero attached hydrogens (tertiary/aromatic N) is 3. The summed E-state index contributed by atoms with van der Waals surface area (Å²) in [5.41, 5.74) is 2.11. The number of pyridine rings is 1. The summed E-state index contributed by atoms with van der Waals surface area (Å²) in [6.07, 6.45) is 1.40. The largest absolute Gasteiger partial charge is 0.462 e. The van der Waals surface area contributed by atoms with Gasteiger partial charge in [0.05, 0.1) is 39.0 Å². The van der Waals surface area contributed by atoms with Crippen LogP contribution in [-0.2, 0) is 4.74 Å². The van der Waals surface area contributed by atoms with Crippen LogP contribution in [0.2, 0.25) is 10.0 Å². The van der Waals surface area contributed by atoms with Crippen molar-refractivity contribution in [1.82, 2.24) is 14.8 Å². The first-order valence-corrected chi connectivity index (χ1v) is 7.76. The molecule has 3 aromatic rings. The van der Waals surface area contributed by atoms with Gasteiger partial charge < -0.3 is 4.74 Å². The van der Waals surface area contributed by atoms with Crippen molar-refractivity contribution in [2.45, 2.75) is 13.8 Å². The summed E-state index contributed by atoms with van der Waals surface area (Å²) in [6.45, 7) is 3.81. The van der Waals surface area contributed by atoms with Gasteiger partial charge in [-0.05, 0) is 26.0 Å². The van der Waals surface area contributed by atoms with E-state index in [0.29, 0.717) is 27.4 Å². The third-order valence-electron chi connectivity index (χ3n) is 3.38. The molecular weight excluding hydrogens is 337 g/mol. The highest BCUT2D eigenvalue weighted by Gasteiger charge is 2.21. The highest BCUT2D eigenvalue weighted by Crippen LogP contribution is 2.31. The summed E-state index contributed by atoms with van der Waals surface area (Å²) in [5.74, 6) is -0.503. The minimum atomic E-state index is -0.503. The molecule has 0 saturated heterocycles. The van der Waals surface area contributed by atoms with Crippen molar-refractivity contribution in [2.75, 3.05) is 6.61 Å². The molecular formula is C16H13Cl2N3O2. The topological polar surface area (TPSA) is 57.0 Å². The summed E-state index contributed by atoms with van der Waals surface area (Å²) in [7, 11) is 0. The van der Waals surface area contributed by atoms with Gasteiger partial charge in [-0.15, -0.1) is 0 Å². The second-order valence-electron chi connectivity index (χ2n) is 4.85. The number of hydrogen-bond donors (Lipinski definition) is 0. The highest BCUT2D eigenvalue weighted by atomic mass is 35.5. The number of benzene rings is 1. The van der Waals surface area contributed by atoms with Crippen LogP contribution in [0.5, 0.6) is 0 Å². The van der Waals surface area contributed by atoms with Gasteiger partial charge in [0, 0.05) is 6.20 Å². The average Bonchev–Trinajstić information content (AvgIpc) is 2.86. The molecule has 0 saturated carbocycles. The van der Waals surface area contributed by atoms with Gasteiger partial charge in [-0.2, -0.15) is 5.10 Å². The molecule has 2 aromatic heterocycles. The molecule has 0 aliphatic carbocycles. The lowest BCUT2D eigenvalue weighted by Crippen LogP contribution is -2.06. The van der Waals surface area contributed by atoms with E-state index in [4.69, 9.17) is 27.9 Å². The second-order valence-corrected chi connectivity index (χ2v) is 5.64. The van der Waals surface area contributed by atoms with Crippen molar-refractivity contribution in [3.05, 3.63) is 51.8 Å². The molecule has 0 radical (unpaired) electrons. The molecule has 118 valence electrons. The Morgan fingerprint density at radius 3 is 2.74 bits per heavy atom. The maximum absolute atomic E-state index is 12.0. The number of carbonyl (C=O) groups is 1. The fraction of sp³-hybridized carbons (Fsp3) is 0.188. The Morgan fingerprint density at radius 2 is 2.04 bits per heavy atom. The lowest BCUT2D eigenvalue weighted by atomic mass is 10.2. The quantitative estimate of drug-likeness (QED) is 0.664. The van der Waals surface area contributed by atoms with Gasteiger partial charge in [0.2, 0.25) is 0 Å². The molecule has 0 bridgehead atoms. The van der Waals surface area contributed by atoms with Gasteiger partial charge in [0.25, 0.3) is 0 Å². The van der Waals surface area contributed by atoms with E-state index in [-0.39, 0.29) is 17.2 Å². The molecule has 23 heavy (non-hydrogen) atoms. The molecule has 1 aromatic carbocycles.